The van der Waals surface area contributed by atoms with Crippen LogP contribution in [0.2, 0.25) is 0 Å². The number of amides is 1. The van der Waals surface area contributed by atoms with E-state index in [1.54, 1.807) is 7.11 Å². The van der Waals surface area contributed by atoms with Gasteiger partial charge in [0.15, 0.2) is 0 Å². The third kappa shape index (κ3) is 3.54. The number of carbonyl (C=O) groups is 1. The van der Waals surface area contributed by atoms with Crippen molar-refractivity contribution in [1.29, 1.82) is 0 Å². The maximum Gasteiger partial charge on any atom is 0.243 e. The van der Waals surface area contributed by atoms with Crippen LogP contribution in [-0.2, 0) is 19.6 Å². The molecule has 30 heavy (non-hydrogen) atoms. The molecule has 4 rings (SSSR count). The Kier molecular flexibility index (Phi) is 5.88. The second-order valence-electron chi connectivity index (χ2n) is 8.30. The molecule has 1 amide bonds. The van der Waals surface area contributed by atoms with Crippen LogP contribution in [0.1, 0.15) is 12.8 Å². The summed E-state index contributed by atoms with van der Waals surface area (Å²) in [5.41, 5.74) is -0.491. The quantitative estimate of drug-likeness (QED) is 0.661. The molecular weight excluding hydrogens is 411 g/mol. The average Bonchev–Trinajstić information content (AvgIpc) is 2.94. The lowest BCUT2D eigenvalue weighted by Gasteiger charge is -2.50. The summed E-state index contributed by atoms with van der Waals surface area (Å²) in [7, 11) is -0.148. The lowest BCUT2D eigenvalue weighted by Crippen LogP contribution is -2.63. The Balaban J connectivity index is 1.58. The molecular formula is C20H29FN4O4S. The highest BCUT2D eigenvalue weighted by Gasteiger charge is 2.58. The Morgan fingerprint density at radius 1 is 1.20 bits per heavy atom. The van der Waals surface area contributed by atoms with Gasteiger partial charge in [-0.3, -0.25) is 9.69 Å². The maximum atomic E-state index is 13.6. The molecule has 0 saturated carbocycles. The highest BCUT2D eigenvalue weighted by molar-refractivity contribution is 7.89. The summed E-state index contributed by atoms with van der Waals surface area (Å²) < 4.78 is 46.3. The van der Waals surface area contributed by atoms with Crippen molar-refractivity contribution in [3.8, 4) is 0 Å². The summed E-state index contributed by atoms with van der Waals surface area (Å²) >= 11 is 0. The van der Waals surface area contributed by atoms with Gasteiger partial charge in [-0.05, 0) is 38.1 Å². The van der Waals surface area contributed by atoms with Gasteiger partial charge in [0.1, 0.15) is 11.9 Å². The fourth-order valence-corrected chi connectivity index (χ4v) is 6.56. The number of rotatable bonds is 5. The van der Waals surface area contributed by atoms with Gasteiger partial charge in [0.2, 0.25) is 15.9 Å². The highest BCUT2D eigenvalue weighted by Crippen LogP contribution is 2.42. The Morgan fingerprint density at radius 2 is 1.93 bits per heavy atom. The number of likely N-dealkylation sites (N-methyl/N-ethyl adjacent to an activating group) is 1. The van der Waals surface area contributed by atoms with Gasteiger partial charge < -0.3 is 14.5 Å². The van der Waals surface area contributed by atoms with Crippen molar-refractivity contribution in [3.63, 3.8) is 0 Å². The van der Waals surface area contributed by atoms with Gasteiger partial charge >= 0.3 is 0 Å². The number of hydrogen-bond donors (Lipinski definition) is 0. The van der Waals surface area contributed by atoms with Crippen molar-refractivity contribution in [1.82, 2.24) is 19.0 Å². The number of piperidine rings is 1. The number of fused-ring (bicyclic) bond motifs is 2. The number of halogens is 1. The molecule has 3 aliphatic heterocycles. The molecule has 3 saturated heterocycles. The molecule has 10 heteroatoms. The predicted octanol–water partition coefficient (Wildman–Crippen LogP) is 0.411. The van der Waals surface area contributed by atoms with Gasteiger partial charge in [-0.2, -0.15) is 4.31 Å². The molecule has 3 heterocycles. The number of sulfonamides is 1. The third-order valence-electron chi connectivity index (χ3n) is 6.65. The van der Waals surface area contributed by atoms with E-state index in [0.717, 1.165) is 19.2 Å². The van der Waals surface area contributed by atoms with Gasteiger partial charge in [-0.15, -0.1) is 0 Å². The average molecular weight is 441 g/mol. The number of benzene rings is 1. The molecule has 1 aromatic carbocycles. The van der Waals surface area contributed by atoms with E-state index in [1.165, 1.54) is 22.5 Å². The van der Waals surface area contributed by atoms with Gasteiger partial charge in [-0.1, -0.05) is 6.07 Å². The number of nitrogens with zero attached hydrogens (tertiary/aromatic N) is 4. The molecule has 0 aromatic heterocycles. The van der Waals surface area contributed by atoms with Crippen molar-refractivity contribution in [2.75, 3.05) is 60.0 Å². The molecule has 3 aliphatic rings. The topological polar surface area (TPSA) is 73.4 Å². The largest absolute Gasteiger partial charge is 0.383 e. The molecule has 0 radical (unpaired) electrons. The van der Waals surface area contributed by atoms with Crippen LogP contribution in [0, 0.1) is 5.82 Å². The summed E-state index contributed by atoms with van der Waals surface area (Å²) in [5.74, 6) is -0.475. The fourth-order valence-electron chi connectivity index (χ4n) is 5.09. The Hall–Kier alpha value is -1.59. The number of ether oxygens (including phenoxy) is 1. The minimum atomic E-state index is -3.78. The lowest BCUT2D eigenvalue weighted by molar-refractivity contribution is -0.134. The predicted molar refractivity (Wildman–Crippen MR) is 109 cm³/mol. The monoisotopic (exact) mass is 440 g/mol. The molecule has 3 fully saturated rings. The Morgan fingerprint density at radius 3 is 2.60 bits per heavy atom. The van der Waals surface area contributed by atoms with E-state index < -0.39 is 21.5 Å². The van der Waals surface area contributed by atoms with Crippen LogP contribution >= 0.6 is 0 Å². The zero-order chi connectivity index (χ0) is 21.5. The Bertz CT molecular complexity index is 904. The van der Waals surface area contributed by atoms with Gasteiger partial charge in [0, 0.05) is 46.4 Å². The summed E-state index contributed by atoms with van der Waals surface area (Å²) in [6.07, 6.45) is 1.05. The van der Waals surface area contributed by atoms with E-state index in [-0.39, 0.29) is 29.9 Å². The highest BCUT2D eigenvalue weighted by atomic mass is 32.2. The number of piperazine rings is 1. The first kappa shape index (κ1) is 21.6. The molecule has 0 bridgehead atoms. The van der Waals surface area contributed by atoms with Crippen LogP contribution in [0.3, 0.4) is 0 Å². The van der Waals surface area contributed by atoms with E-state index in [4.69, 9.17) is 4.74 Å². The van der Waals surface area contributed by atoms with Crippen molar-refractivity contribution in [2.24, 2.45) is 0 Å². The number of hydrogen-bond acceptors (Lipinski definition) is 6. The molecule has 8 nitrogen and oxygen atoms in total. The molecule has 1 spiro atoms. The minimum absolute atomic E-state index is 0.0327. The van der Waals surface area contributed by atoms with E-state index in [2.05, 4.69) is 9.80 Å². The van der Waals surface area contributed by atoms with E-state index in [9.17, 15) is 17.6 Å². The molecule has 1 aromatic rings. The van der Waals surface area contributed by atoms with Crippen molar-refractivity contribution < 1.29 is 22.3 Å². The van der Waals surface area contributed by atoms with Crippen molar-refractivity contribution in [3.05, 3.63) is 30.1 Å². The first-order chi connectivity index (χ1) is 14.3. The number of carbonyl (C=O) groups excluding carboxylic acids is 1. The smallest absolute Gasteiger partial charge is 0.243 e. The standard InChI is InChI=1S/C20H29FN4O4S/c1-22-10-11-24-18(15-22)19(26)25(12-13-29-2)20(24)6-8-23(9-7-20)30(27,28)17-5-3-4-16(21)14-17/h3-5,14,18H,6-13,15H2,1-2H3/t18-/m1/s1. The first-order valence-corrected chi connectivity index (χ1v) is 11.7. The Labute approximate surface area is 177 Å². The van der Waals surface area contributed by atoms with Crippen LogP contribution in [0.4, 0.5) is 4.39 Å². The molecule has 1 atom stereocenters. The van der Waals surface area contributed by atoms with E-state index in [1.807, 2.05) is 11.9 Å². The fraction of sp³-hybridized carbons (Fsp3) is 0.650. The normalized spacial score (nSPS) is 25.8. The molecule has 0 N–H and O–H groups in total. The minimum Gasteiger partial charge on any atom is -0.383 e. The third-order valence-corrected chi connectivity index (χ3v) is 8.54. The van der Waals surface area contributed by atoms with Crippen LogP contribution in [0.5, 0.6) is 0 Å². The molecule has 0 aliphatic carbocycles. The van der Waals surface area contributed by atoms with Gasteiger partial charge in [-0.25, -0.2) is 12.8 Å². The zero-order valence-corrected chi connectivity index (χ0v) is 18.3. The van der Waals surface area contributed by atoms with E-state index >= 15 is 0 Å². The second kappa shape index (κ2) is 8.16. The van der Waals surface area contributed by atoms with Gasteiger partial charge in [0.05, 0.1) is 17.2 Å². The summed E-state index contributed by atoms with van der Waals surface area (Å²) in [4.78, 5) is 19.5. The maximum absolute atomic E-state index is 13.6. The SMILES string of the molecule is COCCN1C(=O)[C@H]2CN(C)CCN2C12CCN(S(=O)(=O)c1cccc(F)c1)CC2. The van der Waals surface area contributed by atoms with Crippen molar-refractivity contribution in [2.45, 2.75) is 29.4 Å². The second-order valence-corrected chi connectivity index (χ2v) is 10.2. The van der Waals surface area contributed by atoms with Crippen molar-refractivity contribution >= 4 is 15.9 Å². The molecule has 166 valence electrons. The number of methoxy groups -OCH3 is 1. The van der Waals surface area contributed by atoms with Crippen LogP contribution in [0.15, 0.2) is 29.2 Å². The zero-order valence-electron chi connectivity index (χ0n) is 17.5. The van der Waals surface area contributed by atoms with Gasteiger partial charge in [0.25, 0.3) is 0 Å². The summed E-state index contributed by atoms with van der Waals surface area (Å²) in [6.45, 7) is 3.82. The molecule has 0 unspecified atom stereocenters. The summed E-state index contributed by atoms with van der Waals surface area (Å²) in [6, 6.07) is 4.91. The van der Waals surface area contributed by atoms with Crippen LogP contribution in [0.25, 0.3) is 0 Å². The van der Waals surface area contributed by atoms with E-state index in [0.29, 0.717) is 32.5 Å². The summed E-state index contributed by atoms with van der Waals surface area (Å²) in [5, 5.41) is 0. The van der Waals surface area contributed by atoms with Crippen LogP contribution < -0.4 is 0 Å². The lowest BCUT2D eigenvalue weighted by atomic mass is 9.94. The first-order valence-electron chi connectivity index (χ1n) is 10.3. The van der Waals surface area contributed by atoms with Crippen LogP contribution in [-0.4, -0.2) is 105 Å².